The molecular formula is C16H27BrCl2N2. The van der Waals surface area contributed by atoms with Crippen LogP contribution in [0.4, 0.5) is 0 Å². The van der Waals surface area contributed by atoms with Crippen LogP contribution in [0.5, 0.6) is 0 Å². The number of hydrogen-bond acceptors (Lipinski definition) is 2. The summed E-state index contributed by atoms with van der Waals surface area (Å²) in [7, 11) is 0. The van der Waals surface area contributed by atoms with Crippen molar-refractivity contribution >= 4 is 40.7 Å². The van der Waals surface area contributed by atoms with Crippen LogP contribution in [0.25, 0.3) is 0 Å². The summed E-state index contributed by atoms with van der Waals surface area (Å²) >= 11 is 3.61. The summed E-state index contributed by atoms with van der Waals surface area (Å²) in [6.45, 7) is 6.86. The molecule has 0 bridgehead atoms. The molecule has 5 heteroatoms. The molecule has 0 aliphatic carbocycles. The van der Waals surface area contributed by atoms with Crippen LogP contribution in [0.15, 0.2) is 28.7 Å². The molecule has 1 saturated heterocycles. The zero-order chi connectivity index (χ0) is 13.5. The van der Waals surface area contributed by atoms with Crippen molar-refractivity contribution in [3.63, 3.8) is 0 Å². The Balaban J connectivity index is 0.00000200. The van der Waals surface area contributed by atoms with E-state index in [0.29, 0.717) is 6.04 Å². The number of nitrogens with one attached hydrogen (secondary N) is 1. The number of rotatable bonds is 6. The van der Waals surface area contributed by atoms with Crippen molar-refractivity contribution in [3.05, 3.63) is 34.3 Å². The molecule has 122 valence electrons. The molecule has 0 spiro atoms. The minimum absolute atomic E-state index is 0. The highest BCUT2D eigenvalue weighted by Crippen LogP contribution is 2.28. The summed E-state index contributed by atoms with van der Waals surface area (Å²) in [5.41, 5.74) is 1.47. The van der Waals surface area contributed by atoms with E-state index >= 15 is 0 Å². The van der Waals surface area contributed by atoms with Crippen LogP contribution in [0.1, 0.15) is 44.2 Å². The molecule has 1 atom stereocenters. The first-order valence-electron chi connectivity index (χ1n) is 7.51. The molecule has 2 nitrogen and oxygen atoms in total. The van der Waals surface area contributed by atoms with Crippen molar-refractivity contribution in [3.8, 4) is 0 Å². The van der Waals surface area contributed by atoms with Gasteiger partial charge in [-0.25, -0.2) is 0 Å². The molecule has 1 aliphatic rings. The van der Waals surface area contributed by atoms with E-state index in [4.69, 9.17) is 0 Å². The van der Waals surface area contributed by atoms with E-state index in [9.17, 15) is 0 Å². The Morgan fingerprint density at radius 1 is 1.19 bits per heavy atom. The maximum Gasteiger partial charge on any atom is 0.0349 e. The predicted molar refractivity (Wildman–Crippen MR) is 100.0 cm³/mol. The van der Waals surface area contributed by atoms with Gasteiger partial charge in [-0.1, -0.05) is 54.2 Å². The molecule has 1 aliphatic heterocycles. The van der Waals surface area contributed by atoms with E-state index in [1.165, 1.54) is 48.8 Å². The van der Waals surface area contributed by atoms with Gasteiger partial charge in [-0.05, 0) is 24.1 Å². The van der Waals surface area contributed by atoms with Gasteiger partial charge in [0.05, 0.1) is 0 Å². The number of halogens is 3. The molecule has 2 rings (SSSR count). The monoisotopic (exact) mass is 396 g/mol. The van der Waals surface area contributed by atoms with Crippen LogP contribution in [-0.2, 0) is 0 Å². The number of hydrogen-bond donors (Lipinski definition) is 1. The van der Waals surface area contributed by atoms with Gasteiger partial charge < -0.3 is 5.32 Å². The molecule has 0 aromatic heterocycles. The Bertz CT molecular complexity index is 384. The van der Waals surface area contributed by atoms with E-state index in [2.05, 4.69) is 57.3 Å². The lowest BCUT2D eigenvalue weighted by molar-refractivity contribution is 0.162. The highest BCUT2D eigenvalue weighted by molar-refractivity contribution is 9.10. The fraction of sp³-hybridized carbons (Fsp3) is 0.625. The van der Waals surface area contributed by atoms with E-state index in [1.807, 2.05) is 0 Å². The van der Waals surface area contributed by atoms with Crippen LogP contribution in [-0.4, -0.2) is 31.1 Å². The standard InChI is InChI=1S/C16H25BrN2.2ClH/c1-2-3-4-8-16(19-11-9-18-10-12-19)14-6-5-7-15(17)13-14;;/h5-7,13,16,18H,2-4,8-12H2,1H3;2*1H/t16-;;/m0../s1. The molecule has 1 N–H and O–H groups in total. The number of unbranched alkanes of at least 4 members (excludes halogenated alkanes) is 2. The molecule has 1 fully saturated rings. The SMILES string of the molecule is CCCCC[C@@H](c1cccc(Br)c1)N1CCNCC1.Cl.Cl. The smallest absolute Gasteiger partial charge is 0.0349 e. The van der Waals surface area contributed by atoms with Crippen molar-refractivity contribution in [2.45, 2.75) is 38.6 Å². The average Bonchev–Trinajstić information content (AvgIpc) is 2.45. The van der Waals surface area contributed by atoms with Crippen molar-refractivity contribution < 1.29 is 0 Å². The van der Waals surface area contributed by atoms with E-state index in [-0.39, 0.29) is 24.8 Å². The molecule has 21 heavy (non-hydrogen) atoms. The Labute approximate surface area is 150 Å². The quantitative estimate of drug-likeness (QED) is 0.692. The molecule has 0 saturated carbocycles. The minimum atomic E-state index is 0. The zero-order valence-corrected chi connectivity index (χ0v) is 15.9. The first kappa shape index (κ1) is 21.2. The Kier molecular flexibility index (Phi) is 11.8. The van der Waals surface area contributed by atoms with Gasteiger partial charge in [-0.3, -0.25) is 4.90 Å². The largest absolute Gasteiger partial charge is 0.314 e. The predicted octanol–water partition coefficient (Wildman–Crippen LogP) is 4.82. The Morgan fingerprint density at radius 2 is 1.90 bits per heavy atom. The molecule has 1 heterocycles. The van der Waals surface area contributed by atoms with Crippen LogP contribution >= 0.6 is 40.7 Å². The van der Waals surface area contributed by atoms with Crippen LogP contribution in [0.2, 0.25) is 0 Å². The first-order valence-corrected chi connectivity index (χ1v) is 8.31. The van der Waals surface area contributed by atoms with Crippen LogP contribution < -0.4 is 5.32 Å². The van der Waals surface area contributed by atoms with Crippen LogP contribution in [0.3, 0.4) is 0 Å². The summed E-state index contributed by atoms with van der Waals surface area (Å²) in [4.78, 5) is 2.65. The van der Waals surface area contributed by atoms with Gasteiger partial charge in [0.15, 0.2) is 0 Å². The minimum Gasteiger partial charge on any atom is -0.314 e. The zero-order valence-electron chi connectivity index (χ0n) is 12.7. The van der Waals surface area contributed by atoms with Gasteiger partial charge in [0, 0.05) is 36.7 Å². The van der Waals surface area contributed by atoms with Crippen molar-refractivity contribution in [1.82, 2.24) is 10.2 Å². The second-order valence-electron chi connectivity index (χ2n) is 5.35. The second kappa shape index (κ2) is 11.7. The summed E-state index contributed by atoms with van der Waals surface area (Å²) in [5.74, 6) is 0. The molecule has 1 aromatic carbocycles. The summed E-state index contributed by atoms with van der Waals surface area (Å²) in [6, 6.07) is 9.44. The Morgan fingerprint density at radius 3 is 2.52 bits per heavy atom. The molecule has 0 amide bonds. The third-order valence-electron chi connectivity index (χ3n) is 3.91. The number of benzene rings is 1. The number of nitrogens with zero attached hydrogens (tertiary/aromatic N) is 1. The first-order chi connectivity index (χ1) is 9.31. The molecular weight excluding hydrogens is 371 g/mol. The fourth-order valence-electron chi connectivity index (χ4n) is 2.86. The van der Waals surface area contributed by atoms with Gasteiger partial charge in [0.1, 0.15) is 0 Å². The lowest BCUT2D eigenvalue weighted by Gasteiger charge is -2.35. The third kappa shape index (κ3) is 6.87. The highest BCUT2D eigenvalue weighted by atomic mass is 79.9. The second-order valence-corrected chi connectivity index (χ2v) is 6.27. The molecule has 0 radical (unpaired) electrons. The summed E-state index contributed by atoms with van der Waals surface area (Å²) < 4.78 is 1.20. The van der Waals surface area contributed by atoms with E-state index in [0.717, 1.165) is 13.1 Å². The van der Waals surface area contributed by atoms with Crippen molar-refractivity contribution in [1.29, 1.82) is 0 Å². The van der Waals surface area contributed by atoms with Crippen LogP contribution in [0, 0.1) is 0 Å². The maximum absolute atomic E-state index is 3.61. The van der Waals surface area contributed by atoms with Gasteiger partial charge in [-0.15, -0.1) is 24.8 Å². The van der Waals surface area contributed by atoms with E-state index in [1.54, 1.807) is 0 Å². The van der Waals surface area contributed by atoms with Crippen molar-refractivity contribution in [2.24, 2.45) is 0 Å². The molecule has 1 aromatic rings. The highest BCUT2D eigenvalue weighted by Gasteiger charge is 2.21. The van der Waals surface area contributed by atoms with E-state index < -0.39 is 0 Å². The lowest BCUT2D eigenvalue weighted by atomic mass is 9.98. The maximum atomic E-state index is 3.61. The molecule has 0 unspecified atom stereocenters. The van der Waals surface area contributed by atoms with Gasteiger partial charge in [0.2, 0.25) is 0 Å². The summed E-state index contributed by atoms with van der Waals surface area (Å²) in [5, 5.41) is 3.45. The Hall–Kier alpha value is 0.200. The lowest BCUT2D eigenvalue weighted by Crippen LogP contribution is -2.45. The number of piperazine rings is 1. The normalized spacial score (nSPS) is 16.7. The topological polar surface area (TPSA) is 15.3 Å². The average molecular weight is 398 g/mol. The summed E-state index contributed by atoms with van der Waals surface area (Å²) in [6.07, 6.45) is 5.26. The fourth-order valence-corrected chi connectivity index (χ4v) is 3.27. The van der Waals surface area contributed by atoms with Gasteiger partial charge in [-0.2, -0.15) is 0 Å². The van der Waals surface area contributed by atoms with Crippen molar-refractivity contribution in [2.75, 3.05) is 26.2 Å². The van der Waals surface area contributed by atoms with Gasteiger partial charge >= 0.3 is 0 Å². The third-order valence-corrected chi connectivity index (χ3v) is 4.40. The van der Waals surface area contributed by atoms with Gasteiger partial charge in [0.25, 0.3) is 0 Å².